The third-order valence-electron chi connectivity index (χ3n) is 3.68. The molecular weight excluding hydrogens is 236 g/mol. The van der Waals surface area contributed by atoms with Crippen LogP contribution in [-0.2, 0) is 4.79 Å². The molecule has 0 saturated heterocycles. The van der Waals surface area contributed by atoms with Crippen LogP contribution in [0.4, 0.5) is 0 Å². The van der Waals surface area contributed by atoms with Crippen LogP contribution >= 0.6 is 0 Å². The Morgan fingerprint density at radius 2 is 1.74 bits per heavy atom. The predicted octanol–water partition coefficient (Wildman–Crippen LogP) is 3.33. The van der Waals surface area contributed by atoms with Crippen molar-refractivity contribution in [3.63, 3.8) is 0 Å². The van der Waals surface area contributed by atoms with Crippen LogP contribution in [-0.4, -0.2) is 18.5 Å². The molecule has 3 heteroatoms. The van der Waals surface area contributed by atoms with Gasteiger partial charge in [0.05, 0.1) is 0 Å². The maximum absolute atomic E-state index is 11.9. The number of hydrogen-bond donors (Lipinski definition) is 2. The Labute approximate surface area is 119 Å². The van der Waals surface area contributed by atoms with Crippen LogP contribution in [0.1, 0.15) is 67.2 Å². The van der Waals surface area contributed by atoms with Gasteiger partial charge in [-0.3, -0.25) is 4.79 Å². The Hall–Kier alpha value is -0.570. The van der Waals surface area contributed by atoms with Gasteiger partial charge in [0, 0.05) is 19.0 Å². The molecule has 0 aliphatic carbocycles. The van der Waals surface area contributed by atoms with E-state index in [-0.39, 0.29) is 17.4 Å². The molecule has 0 aliphatic heterocycles. The lowest BCUT2D eigenvalue weighted by molar-refractivity contribution is -0.122. The van der Waals surface area contributed by atoms with Gasteiger partial charge in [-0.05, 0) is 23.7 Å². The molecule has 2 unspecified atom stereocenters. The predicted molar refractivity (Wildman–Crippen MR) is 82.9 cm³/mol. The van der Waals surface area contributed by atoms with E-state index < -0.39 is 0 Å². The van der Waals surface area contributed by atoms with Crippen LogP contribution in [0, 0.1) is 17.3 Å². The van der Waals surface area contributed by atoms with Gasteiger partial charge in [-0.15, -0.1) is 0 Å². The normalized spacial score (nSPS) is 15.4. The number of amides is 1. The zero-order valence-corrected chi connectivity index (χ0v) is 13.8. The van der Waals surface area contributed by atoms with E-state index in [0.29, 0.717) is 24.8 Å². The van der Waals surface area contributed by atoms with E-state index in [9.17, 15) is 4.79 Å². The third-order valence-corrected chi connectivity index (χ3v) is 3.68. The molecule has 0 aromatic carbocycles. The minimum atomic E-state index is 0.0804. The van der Waals surface area contributed by atoms with Crippen LogP contribution < -0.4 is 11.1 Å². The van der Waals surface area contributed by atoms with Gasteiger partial charge in [-0.1, -0.05) is 54.4 Å². The van der Waals surface area contributed by atoms with Gasteiger partial charge in [0.1, 0.15) is 0 Å². The largest absolute Gasteiger partial charge is 0.355 e. The van der Waals surface area contributed by atoms with Crippen molar-refractivity contribution >= 4 is 5.91 Å². The fraction of sp³-hybridized carbons (Fsp3) is 0.938. The molecule has 0 rings (SSSR count). The zero-order valence-electron chi connectivity index (χ0n) is 13.8. The average molecular weight is 270 g/mol. The van der Waals surface area contributed by atoms with Gasteiger partial charge < -0.3 is 11.1 Å². The first-order valence-corrected chi connectivity index (χ1v) is 7.71. The van der Waals surface area contributed by atoms with Gasteiger partial charge in [0.25, 0.3) is 0 Å². The van der Waals surface area contributed by atoms with Gasteiger partial charge in [0.15, 0.2) is 0 Å². The summed E-state index contributed by atoms with van der Waals surface area (Å²) in [6.45, 7) is 13.7. The van der Waals surface area contributed by atoms with Crippen molar-refractivity contribution in [1.82, 2.24) is 5.32 Å². The first-order chi connectivity index (χ1) is 8.69. The number of hydrogen-bond acceptors (Lipinski definition) is 2. The van der Waals surface area contributed by atoms with Crippen LogP contribution in [0.5, 0.6) is 0 Å². The molecule has 0 radical (unpaired) electrons. The second-order valence-electron chi connectivity index (χ2n) is 7.12. The van der Waals surface area contributed by atoms with E-state index >= 15 is 0 Å². The van der Waals surface area contributed by atoms with Crippen molar-refractivity contribution in [1.29, 1.82) is 0 Å². The fourth-order valence-electron chi connectivity index (χ4n) is 2.80. The zero-order chi connectivity index (χ0) is 15.1. The summed E-state index contributed by atoms with van der Waals surface area (Å²) in [4.78, 5) is 11.9. The Morgan fingerprint density at radius 1 is 1.21 bits per heavy atom. The summed E-state index contributed by atoms with van der Waals surface area (Å²) < 4.78 is 0. The van der Waals surface area contributed by atoms with Crippen molar-refractivity contribution < 1.29 is 4.79 Å². The molecule has 0 heterocycles. The topological polar surface area (TPSA) is 55.1 Å². The van der Waals surface area contributed by atoms with E-state index in [1.807, 2.05) is 0 Å². The molecule has 3 nitrogen and oxygen atoms in total. The molecular formula is C16H34N2O. The molecule has 1 amide bonds. The lowest BCUT2D eigenvalue weighted by Crippen LogP contribution is -2.42. The molecule has 114 valence electrons. The molecule has 3 N–H and O–H groups in total. The molecule has 0 saturated carbocycles. The van der Waals surface area contributed by atoms with Gasteiger partial charge >= 0.3 is 0 Å². The van der Waals surface area contributed by atoms with Crippen LogP contribution in [0.2, 0.25) is 0 Å². The molecule has 0 fully saturated rings. The second-order valence-corrected chi connectivity index (χ2v) is 7.12. The minimum Gasteiger partial charge on any atom is -0.355 e. The summed E-state index contributed by atoms with van der Waals surface area (Å²) in [5, 5.41) is 2.98. The van der Waals surface area contributed by atoms with Crippen LogP contribution in [0.15, 0.2) is 0 Å². The van der Waals surface area contributed by atoms with Crippen molar-refractivity contribution in [2.75, 3.05) is 6.54 Å². The van der Waals surface area contributed by atoms with E-state index in [1.165, 1.54) is 0 Å². The molecule has 0 aromatic rings. The summed E-state index contributed by atoms with van der Waals surface area (Å²) >= 11 is 0. The molecule has 0 aliphatic rings. The van der Waals surface area contributed by atoms with Gasteiger partial charge in [-0.2, -0.15) is 0 Å². The Balaban J connectivity index is 3.99. The summed E-state index contributed by atoms with van der Waals surface area (Å²) in [7, 11) is 0. The first kappa shape index (κ1) is 18.4. The summed E-state index contributed by atoms with van der Waals surface area (Å²) in [5.74, 6) is 1.06. The lowest BCUT2D eigenvalue weighted by Gasteiger charge is -2.24. The highest BCUT2D eigenvalue weighted by Gasteiger charge is 2.19. The maximum Gasteiger partial charge on any atom is 0.220 e. The highest BCUT2D eigenvalue weighted by Crippen LogP contribution is 2.25. The summed E-state index contributed by atoms with van der Waals surface area (Å²) in [6.07, 6.45) is 3.83. The highest BCUT2D eigenvalue weighted by atomic mass is 16.1. The number of nitrogens with two attached hydrogens (primary N) is 1. The van der Waals surface area contributed by atoms with Crippen LogP contribution in [0.3, 0.4) is 0 Å². The molecule has 0 aromatic heterocycles. The Morgan fingerprint density at radius 3 is 2.16 bits per heavy atom. The maximum atomic E-state index is 11.9. The molecule has 19 heavy (non-hydrogen) atoms. The number of rotatable bonds is 8. The van der Waals surface area contributed by atoms with E-state index in [2.05, 4.69) is 46.9 Å². The Bertz CT molecular complexity index is 254. The minimum absolute atomic E-state index is 0.0804. The molecule has 0 spiro atoms. The summed E-state index contributed by atoms with van der Waals surface area (Å²) in [5.41, 5.74) is 6.39. The second kappa shape index (κ2) is 8.57. The summed E-state index contributed by atoms with van der Waals surface area (Å²) in [6, 6.07) is 0.0804. The monoisotopic (exact) mass is 270 g/mol. The average Bonchev–Trinajstić information content (AvgIpc) is 2.25. The quantitative estimate of drug-likeness (QED) is 0.711. The van der Waals surface area contributed by atoms with Gasteiger partial charge in [-0.25, -0.2) is 0 Å². The molecule has 0 bridgehead atoms. The van der Waals surface area contributed by atoms with Crippen molar-refractivity contribution in [2.24, 2.45) is 23.0 Å². The van der Waals surface area contributed by atoms with E-state index in [4.69, 9.17) is 5.73 Å². The smallest absolute Gasteiger partial charge is 0.220 e. The van der Waals surface area contributed by atoms with E-state index in [1.54, 1.807) is 0 Å². The first-order valence-electron chi connectivity index (χ1n) is 7.71. The SMILES string of the molecule is CCC(CC)C(N)CNC(=O)CC(C)CC(C)(C)C. The highest BCUT2D eigenvalue weighted by molar-refractivity contribution is 5.76. The fourth-order valence-corrected chi connectivity index (χ4v) is 2.80. The van der Waals surface area contributed by atoms with E-state index in [0.717, 1.165) is 19.3 Å². The van der Waals surface area contributed by atoms with Crippen molar-refractivity contribution in [3.8, 4) is 0 Å². The van der Waals surface area contributed by atoms with Crippen molar-refractivity contribution in [2.45, 2.75) is 73.3 Å². The van der Waals surface area contributed by atoms with Crippen LogP contribution in [0.25, 0.3) is 0 Å². The third kappa shape index (κ3) is 9.04. The Kier molecular flexibility index (Phi) is 8.31. The molecule has 2 atom stereocenters. The number of nitrogens with one attached hydrogen (secondary N) is 1. The standard InChI is InChI=1S/C16H34N2O/c1-7-13(8-2)14(17)11-18-15(19)9-12(3)10-16(4,5)6/h12-14H,7-11,17H2,1-6H3,(H,18,19). The number of carbonyl (C=O) groups is 1. The number of carbonyl (C=O) groups excluding carboxylic acids is 1. The lowest BCUT2D eigenvalue weighted by atomic mass is 9.84. The van der Waals surface area contributed by atoms with Crippen molar-refractivity contribution in [3.05, 3.63) is 0 Å². The van der Waals surface area contributed by atoms with Gasteiger partial charge in [0.2, 0.25) is 5.91 Å².